The third-order valence-corrected chi connectivity index (χ3v) is 3.60. The Bertz CT molecular complexity index is 396. The second-order valence-electron chi connectivity index (χ2n) is 4.90. The van der Waals surface area contributed by atoms with Gasteiger partial charge in [0.15, 0.2) is 0 Å². The Balaban J connectivity index is 2.17. The number of primary amides is 1. The highest BCUT2D eigenvalue weighted by Crippen LogP contribution is 2.28. The summed E-state index contributed by atoms with van der Waals surface area (Å²) in [4.78, 5) is 13.4. The molecule has 0 radical (unpaired) electrons. The summed E-state index contributed by atoms with van der Waals surface area (Å²) in [7, 11) is 0. The average molecular weight is 247 g/mol. The van der Waals surface area contributed by atoms with Gasteiger partial charge in [-0.25, -0.2) is 0 Å². The van der Waals surface area contributed by atoms with Crippen LogP contribution in [-0.2, 0) is 11.3 Å². The van der Waals surface area contributed by atoms with Crippen LogP contribution >= 0.6 is 0 Å². The second kappa shape index (κ2) is 5.87. The molecule has 1 aliphatic rings. The summed E-state index contributed by atoms with van der Waals surface area (Å²) in [5, 5.41) is 0. The fourth-order valence-electron chi connectivity index (χ4n) is 2.64. The first-order valence-corrected chi connectivity index (χ1v) is 6.54. The molecular weight excluding hydrogens is 226 g/mol. The van der Waals surface area contributed by atoms with E-state index in [-0.39, 0.29) is 5.91 Å². The van der Waals surface area contributed by atoms with E-state index in [1.807, 2.05) is 24.3 Å². The van der Waals surface area contributed by atoms with Crippen molar-refractivity contribution in [3.8, 4) is 0 Å². The first-order chi connectivity index (χ1) is 8.70. The van der Waals surface area contributed by atoms with E-state index in [9.17, 15) is 4.79 Å². The molecule has 0 saturated heterocycles. The zero-order valence-corrected chi connectivity index (χ0v) is 10.6. The molecule has 98 valence electrons. The average Bonchev–Trinajstić information content (AvgIpc) is 2.89. The third-order valence-electron chi connectivity index (χ3n) is 3.60. The van der Waals surface area contributed by atoms with Gasteiger partial charge in [-0.1, -0.05) is 25.0 Å². The number of anilines is 1. The van der Waals surface area contributed by atoms with Gasteiger partial charge in [0.25, 0.3) is 0 Å². The van der Waals surface area contributed by atoms with E-state index in [1.54, 1.807) is 0 Å². The van der Waals surface area contributed by atoms with Gasteiger partial charge in [0, 0.05) is 18.3 Å². The highest BCUT2D eigenvalue weighted by atomic mass is 16.1. The topological polar surface area (TPSA) is 72.3 Å². The molecule has 4 N–H and O–H groups in total. The van der Waals surface area contributed by atoms with Crippen LogP contribution in [0.1, 0.15) is 31.2 Å². The zero-order chi connectivity index (χ0) is 13.0. The molecular formula is C14H21N3O. The highest BCUT2D eigenvalue weighted by Gasteiger charge is 2.23. The Hall–Kier alpha value is -1.55. The minimum absolute atomic E-state index is 0.273. The lowest BCUT2D eigenvalue weighted by Crippen LogP contribution is -2.40. The van der Waals surface area contributed by atoms with Crippen molar-refractivity contribution in [2.24, 2.45) is 11.5 Å². The summed E-state index contributed by atoms with van der Waals surface area (Å²) >= 11 is 0. The van der Waals surface area contributed by atoms with Gasteiger partial charge in [0.2, 0.25) is 5.91 Å². The SMILES string of the molecule is NCc1ccc(N(CC(N)=O)C2CCCC2)cc1. The van der Waals surface area contributed by atoms with Crippen LogP contribution in [0.4, 0.5) is 5.69 Å². The Labute approximate surface area is 108 Å². The van der Waals surface area contributed by atoms with Crippen molar-refractivity contribution in [1.29, 1.82) is 0 Å². The maximum Gasteiger partial charge on any atom is 0.236 e. The van der Waals surface area contributed by atoms with Crippen LogP contribution in [0.25, 0.3) is 0 Å². The Kier molecular flexibility index (Phi) is 4.20. The number of nitrogens with two attached hydrogens (primary N) is 2. The molecule has 2 rings (SSSR count). The fourth-order valence-corrected chi connectivity index (χ4v) is 2.64. The number of hydrogen-bond acceptors (Lipinski definition) is 3. The lowest BCUT2D eigenvalue weighted by atomic mass is 10.1. The molecule has 0 spiro atoms. The monoisotopic (exact) mass is 247 g/mol. The van der Waals surface area contributed by atoms with Gasteiger partial charge < -0.3 is 16.4 Å². The molecule has 1 aliphatic carbocycles. The highest BCUT2D eigenvalue weighted by molar-refractivity contribution is 5.79. The minimum Gasteiger partial charge on any atom is -0.368 e. The van der Waals surface area contributed by atoms with Crippen molar-refractivity contribution in [2.45, 2.75) is 38.3 Å². The van der Waals surface area contributed by atoms with Crippen LogP contribution in [0.2, 0.25) is 0 Å². The van der Waals surface area contributed by atoms with E-state index in [2.05, 4.69) is 4.90 Å². The summed E-state index contributed by atoms with van der Waals surface area (Å²) in [5.74, 6) is -0.273. The molecule has 0 heterocycles. The standard InChI is InChI=1S/C14H21N3O/c15-9-11-5-7-13(8-6-11)17(10-14(16)18)12-3-1-2-4-12/h5-8,12H,1-4,9-10,15H2,(H2,16,18). The van der Waals surface area contributed by atoms with Gasteiger partial charge in [-0.3, -0.25) is 4.79 Å². The van der Waals surface area contributed by atoms with Gasteiger partial charge >= 0.3 is 0 Å². The predicted molar refractivity (Wildman–Crippen MR) is 73.1 cm³/mol. The third kappa shape index (κ3) is 3.01. The number of carbonyl (C=O) groups excluding carboxylic acids is 1. The Morgan fingerprint density at radius 2 is 1.83 bits per heavy atom. The van der Waals surface area contributed by atoms with Gasteiger partial charge in [-0.05, 0) is 30.5 Å². The van der Waals surface area contributed by atoms with Crippen LogP contribution in [0.3, 0.4) is 0 Å². The van der Waals surface area contributed by atoms with Crippen LogP contribution in [0, 0.1) is 0 Å². The van der Waals surface area contributed by atoms with E-state index in [4.69, 9.17) is 11.5 Å². The molecule has 1 fully saturated rings. The number of benzene rings is 1. The number of hydrogen-bond donors (Lipinski definition) is 2. The van der Waals surface area contributed by atoms with Crippen LogP contribution < -0.4 is 16.4 Å². The number of nitrogens with zero attached hydrogens (tertiary/aromatic N) is 1. The lowest BCUT2D eigenvalue weighted by Gasteiger charge is -2.30. The first-order valence-electron chi connectivity index (χ1n) is 6.54. The van der Waals surface area contributed by atoms with Gasteiger partial charge in [0.05, 0.1) is 6.54 Å². The number of rotatable bonds is 5. The zero-order valence-electron chi connectivity index (χ0n) is 10.6. The van der Waals surface area contributed by atoms with E-state index in [1.165, 1.54) is 12.8 Å². The van der Waals surface area contributed by atoms with Crippen molar-refractivity contribution in [1.82, 2.24) is 0 Å². The van der Waals surface area contributed by atoms with Crippen molar-refractivity contribution < 1.29 is 4.79 Å². The van der Waals surface area contributed by atoms with Crippen molar-refractivity contribution in [3.05, 3.63) is 29.8 Å². The molecule has 0 atom stereocenters. The van der Waals surface area contributed by atoms with Crippen molar-refractivity contribution in [2.75, 3.05) is 11.4 Å². The van der Waals surface area contributed by atoms with Crippen LogP contribution in [0.15, 0.2) is 24.3 Å². The summed E-state index contributed by atoms with van der Waals surface area (Å²) in [5.41, 5.74) is 13.1. The number of carbonyl (C=O) groups is 1. The Morgan fingerprint density at radius 3 is 2.33 bits per heavy atom. The number of amides is 1. The van der Waals surface area contributed by atoms with E-state index < -0.39 is 0 Å². The summed E-state index contributed by atoms with van der Waals surface area (Å²) in [6.45, 7) is 0.839. The van der Waals surface area contributed by atoms with Crippen molar-refractivity contribution in [3.63, 3.8) is 0 Å². The normalized spacial score (nSPS) is 15.8. The summed E-state index contributed by atoms with van der Waals surface area (Å²) in [6, 6.07) is 8.53. The largest absolute Gasteiger partial charge is 0.368 e. The minimum atomic E-state index is -0.273. The molecule has 0 bridgehead atoms. The quantitative estimate of drug-likeness (QED) is 0.825. The molecule has 18 heavy (non-hydrogen) atoms. The molecule has 0 aliphatic heterocycles. The maximum absolute atomic E-state index is 11.2. The summed E-state index contributed by atoms with van der Waals surface area (Å²) < 4.78 is 0. The fraction of sp³-hybridized carbons (Fsp3) is 0.500. The van der Waals surface area contributed by atoms with Crippen LogP contribution in [0.5, 0.6) is 0 Å². The van der Waals surface area contributed by atoms with E-state index >= 15 is 0 Å². The molecule has 1 saturated carbocycles. The second-order valence-corrected chi connectivity index (χ2v) is 4.90. The maximum atomic E-state index is 11.2. The van der Waals surface area contributed by atoms with Gasteiger partial charge in [-0.15, -0.1) is 0 Å². The molecule has 1 aromatic rings. The Morgan fingerprint density at radius 1 is 1.22 bits per heavy atom. The molecule has 4 nitrogen and oxygen atoms in total. The van der Waals surface area contributed by atoms with E-state index in [0.717, 1.165) is 24.1 Å². The van der Waals surface area contributed by atoms with Crippen molar-refractivity contribution >= 4 is 11.6 Å². The summed E-state index contributed by atoms with van der Waals surface area (Å²) in [6.07, 6.45) is 4.76. The molecule has 1 aromatic carbocycles. The van der Waals surface area contributed by atoms with Crippen LogP contribution in [-0.4, -0.2) is 18.5 Å². The van der Waals surface area contributed by atoms with Gasteiger partial charge in [-0.2, -0.15) is 0 Å². The van der Waals surface area contributed by atoms with Gasteiger partial charge in [0.1, 0.15) is 0 Å². The molecule has 1 amide bonds. The van der Waals surface area contributed by atoms with E-state index in [0.29, 0.717) is 19.1 Å². The smallest absolute Gasteiger partial charge is 0.236 e. The predicted octanol–water partition coefficient (Wildman–Crippen LogP) is 1.38. The molecule has 0 unspecified atom stereocenters. The molecule has 4 heteroatoms. The molecule has 0 aromatic heterocycles. The lowest BCUT2D eigenvalue weighted by molar-refractivity contribution is -0.116. The first kappa shape index (κ1) is 12.9.